The number of ether oxygens (including phenoxy) is 1. The molecule has 1 amide bonds. The fraction of sp³-hybridized carbons (Fsp3) is 0.294. The molecule has 0 spiro atoms. The predicted molar refractivity (Wildman–Crippen MR) is 88.0 cm³/mol. The molecule has 0 saturated heterocycles. The first-order chi connectivity index (χ1) is 12.1. The standard InChI is InChI=1S/C17H17FN4O3/c1-10-20-14(13-5-6-25-22-13)8-15(21-10)17(23)19-9-11-3-4-12(18)16(7-11)24-2/h3-4,7-8H,5-6,9H2,1-2H3,(H,19,23). The van der Waals surface area contributed by atoms with Crippen molar-refractivity contribution in [2.75, 3.05) is 13.7 Å². The molecule has 2 aromatic rings. The van der Waals surface area contributed by atoms with Crippen LogP contribution in [0.2, 0.25) is 0 Å². The van der Waals surface area contributed by atoms with Crippen LogP contribution in [0.15, 0.2) is 29.4 Å². The molecule has 0 aliphatic carbocycles. The lowest BCUT2D eigenvalue weighted by Crippen LogP contribution is -2.25. The van der Waals surface area contributed by atoms with E-state index in [9.17, 15) is 9.18 Å². The Hall–Kier alpha value is -3.03. The molecule has 130 valence electrons. The number of rotatable bonds is 5. The van der Waals surface area contributed by atoms with Crippen molar-refractivity contribution in [2.24, 2.45) is 5.16 Å². The van der Waals surface area contributed by atoms with E-state index in [1.54, 1.807) is 19.1 Å². The van der Waals surface area contributed by atoms with Crippen LogP contribution in [0.3, 0.4) is 0 Å². The van der Waals surface area contributed by atoms with Crippen LogP contribution in [0.4, 0.5) is 4.39 Å². The third kappa shape index (κ3) is 3.90. The smallest absolute Gasteiger partial charge is 0.270 e. The van der Waals surface area contributed by atoms with E-state index in [1.165, 1.54) is 19.2 Å². The van der Waals surface area contributed by atoms with Gasteiger partial charge in [0, 0.05) is 13.0 Å². The molecule has 0 unspecified atom stereocenters. The number of halogens is 1. The molecular weight excluding hydrogens is 327 g/mol. The number of amides is 1. The van der Waals surface area contributed by atoms with Crippen LogP contribution in [0.5, 0.6) is 5.75 Å². The van der Waals surface area contributed by atoms with Gasteiger partial charge in [0.15, 0.2) is 11.6 Å². The van der Waals surface area contributed by atoms with Gasteiger partial charge in [0.2, 0.25) is 0 Å². The third-order valence-electron chi connectivity index (χ3n) is 3.64. The van der Waals surface area contributed by atoms with Crippen molar-refractivity contribution in [3.8, 4) is 5.75 Å². The summed E-state index contributed by atoms with van der Waals surface area (Å²) < 4.78 is 18.4. The Bertz CT molecular complexity index is 839. The third-order valence-corrected chi connectivity index (χ3v) is 3.64. The Morgan fingerprint density at radius 3 is 2.92 bits per heavy atom. The molecule has 0 fully saturated rings. The maximum Gasteiger partial charge on any atom is 0.270 e. The summed E-state index contributed by atoms with van der Waals surface area (Å²) in [6.45, 7) is 2.44. The monoisotopic (exact) mass is 344 g/mol. The van der Waals surface area contributed by atoms with Gasteiger partial charge in [-0.15, -0.1) is 0 Å². The molecule has 1 aromatic carbocycles. The Morgan fingerprint density at radius 1 is 1.36 bits per heavy atom. The van der Waals surface area contributed by atoms with Gasteiger partial charge in [-0.25, -0.2) is 14.4 Å². The van der Waals surface area contributed by atoms with Gasteiger partial charge in [0.1, 0.15) is 23.8 Å². The Labute approximate surface area is 143 Å². The molecule has 3 rings (SSSR count). The normalized spacial score (nSPS) is 13.2. The van der Waals surface area contributed by atoms with E-state index in [0.29, 0.717) is 35.8 Å². The van der Waals surface area contributed by atoms with Crippen molar-refractivity contribution in [3.63, 3.8) is 0 Å². The van der Waals surface area contributed by atoms with Gasteiger partial charge in [-0.2, -0.15) is 0 Å². The van der Waals surface area contributed by atoms with Crippen molar-refractivity contribution in [3.05, 3.63) is 52.9 Å². The lowest BCUT2D eigenvalue weighted by atomic mass is 10.1. The van der Waals surface area contributed by atoms with E-state index >= 15 is 0 Å². The van der Waals surface area contributed by atoms with Gasteiger partial charge in [-0.1, -0.05) is 11.2 Å². The maximum atomic E-state index is 13.4. The topological polar surface area (TPSA) is 85.7 Å². The summed E-state index contributed by atoms with van der Waals surface area (Å²) in [5.74, 6) is -0.199. The molecule has 0 saturated carbocycles. The van der Waals surface area contributed by atoms with Crippen LogP contribution in [0, 0.1) is 12.7 Å². The summed E-state index contributed by atoms with van der Waals surface area (Å²) in [7, 11) is 1.39. The summed E-state index contributed by atoms with van der Waals surface area (Å²) in [5.41, 5.74) is 2.23. The van der Waals surface area contributed by atoms with Crippen molar-refractivity contribution in [2.45, 2.75) is 19.9 Å². The molecule has 0 bridgehead atoms. The number of methoxy groups -OCH3 is 1. The number of carbonyl (C=O) groups is 1. The predicted octanol–water partition coefficient (Wildman–Crippen LogP) is 1.99. The van der Waals surface area contributed by atoms with Crippen LogP contribution in [0.25, 0.3) is 0 Å². The Morgan fingerprint density at radius 2 is 2.20 bits per heavy atom. The van der Waals surface area contributed by atoms with Gasteiger partial charge >= 0.3 is 0 Å². The fourth-order valence-corrected chi connectivity index (χ4v) is 2.41. The number of carbonyl (C=O) groups excluding carboxylic acids is 1. The van der Waals surface area contributed by atoms with E-state index in [-0.39, 0.29) is 23.9 Å². The van der Waals surface area contributed by atoms with Crippen LogP contribution >= 0.6 is 0 Å². The zero-order valence-corrected chi connectivity index (χ0v) is 13.9. The number of hydrogen-bond acceptors (Lipinski definition) is 6. The minimum Gasteiger partial charge on any atom is -0.494 e. The number of aryl methyl sites for hydroxylation is 1. The second-order valence-corrected chi connectivity index (χ2v) is 5.46. The Kier molecular flexibility index (Phi) is 4.87. The number of oxime groups is 1. The second-order valence-electron chi connectivity index (χ2n) is 5.46. The molecule has 1 aromatic heterocycles. The maximum absolute atomic E-state index is 13.4. The van der Waals surface area contributed by atoms with Crippen LogP contribution in [-0.2, 0) is 11.4 Å². The number of hydrogen-bond donors (Lipinski definition) is 1. The SMILES string of the molecule is COc1cc(CNC(=O)c2cc(C3=NOCC3)nc(C)n2)ccc1F. The summed E-state index contributed by atoms with van der Waals surface area (Å²) in [4.78, 5) is 25.8. The van der Waals surface area contributed by atoms with E-state index in [4.69, 9.17) is 9.57 Å². The van der Waals surface area contributed by atoms with E-state index in [2.05, 4.69) is 20.4 Å². The Balaban J connectivity index is 1.73. The summed E-state index contributed by atoms with van der Waals surface area (Å²) >= 11 is 0. The minimum atomic E-state index is -0.451. The van der Waals surface area contributed by atoms with Gasteiger partial charge in [-0.3, -0.25) is 4.79 Å². The van der Waals surface area contributed by atoms with Gasteiger partial charge < -0.3 is 14.9 Å². The molecule has 1 aliphatic rings. The van der Waals surface area contributed by atoms with E-state index < -0.39 is 5.82 Å². The zero-order chi connectivity index (χ0) is 17.8. The highest BCUT2D eigenvalue weighted by Gasteiger charge is 2.17. The highest BCUT2D eigenvalue weighted by atomic mass is 19.1. The minimum absolute atomic E-state index is 0.131. The van der Waals surface area contributed by atoms with Crippen LogP contribution in [0.1, 0.15) is 34.0 Å². The average Bonchev–Trinajstić information content (AvgIpc) is 3.15. The van der Waals surface area contributed by atoms with Crippen molar-refractivity contribution >= 4 is 11.6 Å². The van der Waals surface area contributed by atoms with Gasteiger partial charge in [0.05, 0.1) is 12.8 Å². The molecule has 1 aliphatic heterocycles. The average molecular weight is 344 g/mol. The molecule has 0 atom stereocenters. The first kappa shape index (κ1) is 16.8. The van der Waals surface area contributed by atoms with Crippen molar-refractivity contribution in [1.82, 2.24) is 15.3 Å². The first-order valence-electron chi connectivity index (χ1n) is 7.72. The number of nitrogens with one attached hydrogen (secondary N) is 1. The second kappa shape index (κ2) is 7.25. The van der Waals surface area contributed by atoms with Crippen molar-refractivity contribution < 1.29 is 18.8 Å². The lowest BCUT2D eigenvalue weighted by molar-refractivity contribution is 0.0945. The van der Waals surface area contributed by atoms with Crippen LogP contribution < -0.4 is 10.1 Å². The summed E-state index contributed by atoms with van der Waals surface area (Å²) in [5, 5.41) is 6.67. The molecule has 7 nitrogen and oxygen atoms in total. The molecular formula is C17H17FN4O3. The lowest BCUT2D eigenvalue weighted by Gasteiger charge is -2.08. The largest absolute Gasteiger partial charge is 0.494 e. The molecule has 0 radical (unpaired) electrons. The molecule has 1 N–H and O–H groups in total. The van der Waals surface area contributed by atoms with E-state index in [0.717, 1.165) is 0 Å². The molecule has 25 heavy (non-hydrogen) atoms. The number of benzene rings is 1. The first-order valence-corrected chi connectivity index (χ1v) is 7.72. The van der Waals surface area contributed by atoms with Gasteiger partial charge in [-0.05, 0) is 30.7 Å². The molecule has 8 heteroatoms. The quantitative estimate of drug-likeness (QED) is 0.896. The summed E-state index contributed by atoms with van der Waals surface area (Å²) in [6, 6.07) is 6.00. The highest BCUT2D eigenvalue weighted by molar-refractivity contribution is 6.01. The van der Waals surface area contributed by atoms with Crippen LogP contribution in [-0.4, -0.2) is 35.3 Å². The summed E-state index contributed by atoms with van der Waals surface area (Å²) in [6.07, 6.45) is 0.646. The number of aromatic nitrogens is 2. The fourth-order valence-electron chi connectivity index (χ4n) is 2.41. The molecule has 2 heterocycles. The van der Waals surface area contributed by atoms with Gasteiger partial charge in [0.25, 0.3) is 5.91 Å². The van der Waals surface area contributed by atoms with Crippen molar-refractivity contribution in [1.29, 1.82) is 0 Å². The van der Waals surface area contributed by atoms with E-state index in [1.807, 2.05) is 0 Å². The zero-order valence-electron chi connectivity index (χ0n) is 13.9. The number of nitrogens with zero attached hydrogens (tertiary/aromatic N) is 3. The highest BCUT2D eigenvalue weighted by Crippen LogP contribution is 2.18.